The minimum Gasteiger partial charge on any atom is -0.350 e. The molecule has 4 aromatic rings. The van der Waals surface area contributed by atoms with Crippen molar-refractivity contribution in [1.82, 2.24) is 9.80 Å². The lowest BCUT2D eigenvalue weighted by Crippen LogP contribution is -2.34. The highest BCUT2D eigenvalue weighted by molar-refractivity contribution is 5.22. The lowest BCUT2D eigenvalue weighted by atomic mass is 10.1. The van der Waals surface area contributed by atoms with Crippen LogP contribution in [0.4, 0.5) is 0 Å². The lowest BCUT2D eigenvalue weighted by Gasteiger charge is -2.37. The van der Waals surface area contributed by atoms with Crippen LogP contribution in [0, 0.1) is 0 Å². The largest absolute Gasteiger partial charge is 0.350 e. The molecule has 0 aliphatic rings. The zero-order valence-corrected chi connectivity index (χ0v) is 19.3. The van der Waals surface area contributed by atoms with E-state index in [-0.39, 0.29) is 0 Å². The van der Waals surface area contributed by atoms with Crippen molar-refractivity contribution >= 4 is 0 Å². The molecule has 0 atom stereocenters. The Morgan fingerprint density at radius 3 is 0.909 bits per heavy atom. The molecule has 0 aliphatic carbocycles. The summed E-state index contributed by atoms with van der Waals surface area (Å²) in [7, 11) is 0. The van der Waals surface area contributed by atoms with Crippen LogP contribution in [-0.4, -0.2) is 9.80 Å². The molecule has 4 aromatic carbocycles. The van der Waals surface area contributed by atoms with E-state index in [1.165, 1.54) is 28.1 Å². The van der Waals surface area contributed by atoms with Crippen molar-refractivity contribution < 1.29 is 0 Å². The summed E-state index contributed by atoms with van der Waals surface area (Å²) in [6, 6.07) is 43.0. The van der Waals surface area contributed by atoms with Crippen molar-refractivity contribution in [3.05, 3.63) is 155 Å². The number of nitrogens with zero attached hydrogens (tertiary/aromatic N) is 2. The van der Waals surface area contributed by atoms with Gasteiger partial charge < -0.3 is 9.80 Å². The van der Waals surface area contributed by atoms with Gasteiger partial charge in [0.05, 0.1) is 0 Å². The number of hydrogen-bond acceptors (Lipinski definition) is 2. The average molecular weight is 433 g/mol. The van der Waals surface area contributed by atoms with Crippen LogP contribution in [0.5, 0.6) is 0 Å². The predicted molar refractivity (Wildman–Crippen MR) is 138 cm³/mol. The second-order valence-corrected chi connectivity index (χ2v) is 8.30. The van der Waals surface area contributed by atoms with Crippen molar-refractivity contribution in [2.45, 2.75) is 33.1 Å². The molecule has 0 amide bonds. The third-order valence-electron chi connectivity index (χ3n) is 5.77. The summed E-state index contributed by atoms with van der Waals surface area (Å²) >= 11 is 0. The van der Waals surface area contributed by atoms with E-state index in [4.69, 9.17) is 0 Å². The van der Waals surface area contributed by atoms with E-state index in [1.807, 2.05) is 0 Å². The fourth-order valence-electron chi connectivity index (χ4n) is 4.22. The second kappa shape index (κ2) is 11.7. The quantitative estimate of drug-likeness (QED) is 0.260. The molecule has 0 saturated heterocycles. The standard InChI is InChI=1S/C31H32N2/c1-2-31(32(23-27-15-7-3-8-16-27)24-28-17-9-4-10-18-28)33(25-29-19-11-5-12-20-29)26-30-21-13-6-14-22-30/h2-22H,23-26H2,1H3. The van der Waals surface area contributed by atoms with Gasteiger partial charge in [0.25, 0.3) is 0 Å². The maximum absolute atomic E-state index is 2.50. The lowest BCUT2D eigenvalue weighted by molar-refractivity contribution is 0.184. The number of rotatable bonds is 10. The van der Waals surface area contributed by atoms with E-state index in [1.54, 1.807) is 0 Å². The molecule has 0 saturated carbocycles. The third kappa shape index (κ3) is 6.60. The summed E-state index contributed by atoms with van der Waals surface area (Å²) in [4.78, 5) is 4.99. The fourth-order valence-corrected chi connectivity index (χ4v) is 4.22. The Morgan fingerprint density at radius 1 is 0.455 bits per heavy atom. The van der Waals surface area contributed by atoms with Crippen molar-refractivity contribution in [3.63, 3.8) is 0 Å². The third-order valence-corrected chi connectivity index (χ3v) is 5.77. The first kappa shape index (κ1) is 22.4. The van der Waals surface area contributed by atoms with Crippen LogP contribution in [0.25, 0.3) is 0 Å². The Kier molecular flexibility index (Phi) is 7.97. The van der Waals surface area contributed by atoms with E-state index in [0.717, 1.165) is 26.2 Å². The van der Waals surface area contributed by atoms with Crippen LogP contribution in [0.1, 0.15) is 29.2 Å². The molecule has 2 heteroatoms. The highest BCUT2D eigenvalue weighted by Crippen LogP contribution is 2.23. The summed E-state index contributed by atoms with van der Waals surface area (Å²) in [6.07, 6.45) is 2.26. The molecule has 0 aromatic heterocycles. The zero-order chi connectivity index (χ0) is 22.7. The summed E-state index contributed by atoms with van der Waals surface area (Å²) in [5.74, 6) is 1.25. The first-order chi connectivity index (χ1) is 16.3. The van der Waals surface area contributed by atoms with Gasteiger partial charge >= 0.3 is 0 Å². The average Bonchev–Trinajstić information content (AvgIpc) is 2.87. The highest BCUT2D eigenvalue weighted by Gasteiger charge is 2.18. The Morgan fingerprint density at radius 2 is 0.697 bits per heavy atom. The molecule has 0 unspecified atom stereocenters. The molecule has 0 N–H and O–H groups in total. The molecule has 0 bridgehead atoms. The molecule has 0 fully saturated rings. The van der Waals surface area contributed by atoms with Crippen molar-refractivity contribution in [2.75, 3.05) is 0 Å². The first-order valence-electron chi connectivity index (χ1n) is 11.6. The summed E-state index contributed by atoms with van der Waals surface area (Å²) in [6.45, 7) is 5.58. The minimum absolute atomic E-state index is 0.857. The normalized spacial score (nSPS) is 10.5. The van der Waals surface area contributed by atoms with Gasteiger partial charge in [-0.25, -0.2) is 0 Å². The van der Waals surface area contributed by atoms with Crippen LogP contribution in [0.2, 0.25) is 0 Å². The van der Waals surface area contributed by atoms with Gasteiger partial charge in [-0.1, -0.05) is 121 Å². The Labute approximate surface area is 198 Å². The number of hydrogen-bond donors (Lipinski definition) is 0. The molecule has 4 rings (SSSR count). The number of allylic oxidation sites excluding steroid dienone is 1. The van der Waals surface area contributed by atoms with Crippen LogP contribution in [0.15, 0.2) is 133 Å². The second-order valence-electron chi connectivity index (χ2n) is 8.30. The van der Waals surface area contributed by atoms with Crippen LogP contribution in [0.3, 0.4) is 0 Å². The molecule has 2 nitrogen and oxygen atoms in total. The smallest absolute Gasteiger partial charge is 0.101 e. The Bertz CT molecular complexity index is 935. The molecular weight excluding hydrogens is 400 g/mol. The van der Waals surface area contributed by atoms with Crippen LogP contribution < -0.4 is 0 Å². The van der Waals surface area contributed by atoms with Gasteiger partial charge in [0.15, 0.2) is 0 Å². The summed E-state index contributed by atoms with van der Waals surface area (Å²) < 4.78 is 0. The highest BCUT2D eigenvalue weighted by atomic mass is 15.3. The molecule has 33 heavy (non-hydrogen) atoms. The van der Waals surface area contributed by atoms with E-state index in [0.29, 0.717) is 0 Å². The fraction of sp³-hybridized carbons (Fsp3) is 0.161. The Hall–Kier alpha value is -3.78. The van der Waals surface area contributed by atoms with Crippen LogP contribution >= 0.6 is 0 Å². The Balaban J connectivity index is 1.67. The van der Waals surface area contributed by atoms with E-state index < -0.39 is 0 Å². The van der Waals surface area contributed by atoms with Gasteiger partial charge in [0.1, 0.15) is 5.82 Å². The van der Waals surface area contributed by atoms with Gasteiger partial charge in [-0.15, -0.1) is 0 Å². The van der Waals surface area contributed by atoms with Gasteiger partial charge in [0.2, 0.25) is 0 Å². The summed E-state index contributed by atoms with van der Waals surface area (Å²) in [5.41, 5.74) is 5.25. The minimum atomic E-state index is 0.857. The zero-order valence-electron chi connectivity index (χ0n) is 19.3. The van der Waals surface area contributed by atoms with E-state index in [9.17, 15) is 0 Å². The van der Waals surface area contributed by atoms with Gasteiger partial charge in [0, 0.05) is 26.2 Å². The van der Waals surface area contributed by atoms with Crippen molar-refractivity contribution in [3.8, 4) is 0 Å². The topological polar surface area (TPSA) is 6.48 Å². The van der Waals surface area contributed by atoms with Gasteiger partial charge in [-0.05, 0) is 35.3 Å². The molecule has 0 aliphatic heterocycles. The summed E-state index contributed by atoms with van der Waals surface area (Å²) in [5, 5.41) is 0. The predicted octanol–water partition coefficient (Wildman–Crippen LogP) is 7.25. The SMILES string of the molecule is CC=C(N(Cc1ccccc1)Cc1ccccc1)N(Cc1ccccc1)Cc1ccccc1. The molecule has 0 radical (unpaired) electrons. The molecular formula is C31H32N2. The van der Waals surface area contributed by atoms with Gasteiger partial charge in [-0.2, -0.15) is 0 Å². The van der Waals surface area contributed by atoms with E-state index in [2.05, 4.69) is 144 Å². The molecule has 0 spiro atoms. The molecule has 0 heterocycles. The molecule has 166 valence electrons. The van der Waals surface area contributed by atoms with Gasteiger partial charge in [-0.3, -0.25) is 0 Å². The maximum atomic E-state index is 2.50. The first-order valence-corrected chi connectivity index (χ1v) is 11.6. The monoisotopic (exact) mass is 432 g/mol. The number of benzene rings is 4. The van der Waals surface area contributed by atoms with Crippen LogP contribution in [-0.2, 0) is 26.2 Å². The van der Waals surface area contributed by atoms with Crippen molar-refractivity contribution in [2.24, 2.45) is 0 Å². The van der Waals surface area contributed by atoms with Crippen molar-refractivity contribution in [1.29, 1.82) is 0 Å². The van der Waals surface area contributed by atoms with E-state index >= 15 is 0 Å². The maximum Gasteiger partial charge on any atom is 0.101 e.